The number of nitrogens with one attached hydrogen (secondary N) is 1. The van der Waals surface area contributed by atoms with Gasteiger partial charge in [0.15, 0.2) is 0 Å². The minimum Gasteiger partial charge on any atom is -0.493 e. The number of aromatic hydroxyl groups is 1. The molecular formula is C20H14Cl2N2O2S2. The number of thiophene rings is 1. The molecule has 8 heteroatoms. The van der Waals surface area contributed by atoms with Crippen LogP contribution in [0.2, 0.25) is 10.0 Å². The second-order valence-electron chi connectivity index (χ2n) is 6.01. The summed E-state index contributed by atoms with van der Waals surface area (Å²) in [6.45, 7) is 0. The van der Waals surface area contributed by atoms with Crippen LogP contribution in [-0.4, -0.2) is 14.9 Å². The van der Waals surface area contributed by atoms with Gasteiger partial charge in [-0.25, -0.2) is 4.68 Å². The van der Waals surface area contributed by atoms with E-state index in [0.29, 0.717) is 14.9 Å². The molecule has 142 valence electrons. The molecule has 2 aromatic heterocycles. The first-order valence-corrected chi connectivity index (χ1v) is 10.8. The molecule has 0 aliphatic carbocycles. The van der Waals surface area contributed by atoms with Gasteiger partial charge in [0.2, 0.25) is 5.88 Å². The average molecular weight is 449 g/mol. The fourth-order valence-corrected chi connectivity index (χ4v) is 4.82. The van der Waals surface area contributed by atoms with E-state index in [1.54, 1.807) is 35.6 Å². The zero-order valence-electron chi connectivity index (χ0n) is 14.3. The van der Waals surface area contributed by atoms with E-state index in [-0.39, 0.29) is 16.3 Å². The molecule has 0 aliphatic rings. The second-order valence-corrected chi connectivity index (χ2v) is 8.68. The summed E-state index contributed by atoms with van der Waals surface area (Å²) in [6.07, 6.45) is 0. The number of aromatic amines is 1. The molecule has 0 fully saturated rings. The Morgan fingerprint density at radius 1 is 1.04 bits per heavy atom. The van der Waals surface area contributed by atoms with Crippen LogP contribution in [0.1, 0.15) is 17.2 Å². The monoisotopic (exact) mass is 448 g/mol. The van der Waals surface area contributed by atoms with Crippen LogP contribution in [0, 0.1) is 0 Å². The smallest absolute Gasteiger partial charge is 0.282 e. The highest BCUT2D eigenvalue weighted by molar-refractivity contribution is 7.99. The Hall–Kier alpha value is -2.12. The molecule has 0 spiro atoms. The number of nitrogens with zero attached hydrogens (tertiary/aromatic N) is 1. The number of halogens is 2. The quantitative estimate of drug-likeness (QED) is 0.391. The van der Waals surface area contributed by atoms with Crippen LogP contribution in [0.4, 0.5) is 0 Å². The summed E-state index contributed by atoms with van der Waals surface area (Å²) in [4.78, 5) is 13.5. The van der Waals surface area contributed by atoms with E-state index in [1.165, 1.54) is 4.68 Å². The third-order valence-corrected chi connectivity index (χ3v) is 6.75. The Morgan fingerprint density at radius 2 is 1.79 bits per heavy atom. The highest BCUT2D eigenvalue weighted by Gasteiger charge is 2.25. The predicted octanol–water partition coefficient (Wildman–Crippen LogP) is 6.04. The predicted molar refractivity (Wildman–Crippen MR) is 115 cm³/mol. The summed E-state index contributed by atoms with van der Waals surface area (Å²) in [5.41, 5.74) is 1.46. The largest absolute Gasteiger partial charge is 0.493 e. The maximum atomic E-state index is 12.6. The van der Waals surface area contributed by atoms with Crippen molar-refractivity contribution in [1.29, 1.82) is 0 Å². The zero-order chi connectivity index (χ0) is 19.7. The van der Waals surface area contributed by atoms with Gasteiger partial charge < -0.3 is 5.11 Å². The molecule has 1 unspecified atom stereocenters. The van der Waals surface area contributed by atoms with E-state index < -0.39 is 6.04 Å². The average Bonchev–Trinajstić information content (AvgIpc) is 3.30. The molecule has 0 amide bonds. The molecule has 0 saturated heterocycles. The van der Waals surface area contributed by atoms with Crippen molar-refractivity contribution in [2.75, 3.05) is 0 Å². The molecule has 0 bridgehead atoms. The molecule has 4 rings (SSSR count). The molecule has 1 atom stereocenters. The van der Waals surface area contributed by atoms with Gasteiger partial charge in [0.05, 0.1) is 5.02 Å². The summed E-state index contributed by atoms with van der Waals surface area (Å²) in [5, 5.41) is 18.7. The molecule has 28 heavy (non-hydrogen) atoms. The van der Waals surface area contributed by atoms with Crippen LogP contribution in [0.3, 0.4) is 0 Å². The first-order valence-electron chi connectivity index (χ1n) is 8.28. The Morgan fingerprint density at radius 3 is 2.46 bits per heavy atom. The van der Waals surface area contributed by atoms with E-state index in [0.717, 1.165) is 22.9 Å². The second kappa shape index (κ2) is 8.09. The molecule has 0 aliphatic heterocycles. The molecular weight excluding hydrogens is 435 g/mol. The maximum Gasteiger partial charge on any atom is 0.282 e. The lowest BCUT2D eigenvalue weighted by Gasteiger charge is -2.19. The van der Waals surface area contributed by atoms with Crippen molar-refractivity contribution in [3.05, 3.63) is 96.9 Å². The van der Waals surface area contributed by atoms with Gasteiger partial charge in [-0.05, 0) is 52.2 Å². The minimum absolute atomic E-state index is 0.138. The summed E-state index contributed by atoms with van der Waals surface area (Å²) < 4.78 is 1.48. The zero-order valence-corrected chi connectivity index (χ0v) is 17.4. The van der Waals surface area contributed by atoms with Gasteiger partial charge in [-0.1, -0.05) is 59.2 Å². The van der Waals surface area contributed by atoms with Crippen LogP contribution in [0.25, 0.3) is 0 Å². The molecule has 2 heterocycles. The van der Waals surface area contributed by atoms with Crippen molar-refractivity contribution < 1.29 is 5.11 Å². The van der Waals surface area contributed by atoms with Crippen LogP contribution in [-0.2, 0) is 0 Å². The van der Waals surface area contributed by atoms with E-state index in [1.807, 2.05) is 41.1 Å². The minimum atomic E-state index is -0.392. The Kier molecular flexibility index (Phi) is 5.55. The summed E-state index contributed by atoms with van der Waals surface area (Å²) in [5.74, 6) is -0.138. The van der Waals surface area contributed by atoms with E-state index in [9.17, 15) is 9.90 Å². The van der Waals surface area contributed by atoms with Gasteiger partial charge in [0.25, 0.3) is 5.56 Å². The van der Waals surface area contributed by atoms with Crippen molar-refractivity contribution in [2.45, 2.75) is 15.8 Å². The van der Waals surface area contributed by atoms with Gasteiger partial charge >= 0.3 is 0 Å². The first kappa shape index (κ1) is 19.2. The van der Waals surface area contributed by atoms with Gasteiger partial charge in [-0.2, -0.15) is 11.3 Å². The van der Waals surface area contributed by atoms with Crippen molar-refractivity contribution >= 4 is 46.3 Å². The third kappa shape index (κ3) is 3.73. The Bertz CT molecular complexity index is 1150. The number of rotatable bonds is 5. The van der Waals surface area contributed by atoms with E-state index in [2.05, 4.69) is 5.10 Å². The van der Waals surface area contributed by atoms with Crippen molar-refractivity contribution in [3.63, 3.8) is 0 Å². The lowest BCUT2D eigenvalue weighted by atomic mass is 10.0. The normalized spacial score (nSPS) is 12.2. The van der Waals surface area contributed by atoms with E-state index in [4.69, 9.17) is 23.2 Å². The molecule has 0 saturated carbocycles. The topological polar surface area (TPSA) is 58.0 Å². The highest BCUT2D eigenvalue weighted by Crippen LogP contribution is 2.39. The third-order valence-electron chi connectivity index (χ3n) is 4.21. The van der Waals surface area contributed by atoms with Crippen molar-refractivity contribution in [2.24, 2.45) is 0 Å². The Balaban J connectivity index is 1.81. The number of aromatic nitrogens is 2. The van der Waals surface area contributed by atoms with Crippen molar-refractivity contribution in [3.8, 4) is 5.88 Å². The van der Waals surface area contributed by atoms with Gasteiger partial charge in [-0.3, -0.25) is 9.89 Å². The first-order chi connectivity index (χ1) is 13.5. The molecule has 2 N–H and O–H groups in total. The maximum absolute atomic E-state index is 12.6. The lowest BCUT2D eigenvalue weighted by molar-refractivity contribution is 0.385. The molecule has 4 nitrogen and oxygen atoms in total. The fourth-order valence-electron chi connectivity index (χ4n) is 2.91. The number of hydrogen-bond acceptors (Lipinski definition) is 4. The SMILES string of the molecule is O=c1[nH]n(C(c2ccc(Cl)cc2)c2ccsc2)c(O)c1Sc1ccccc1Cl. The number of hydrogen-bond donors (Lipinski definition) is 2. The summed E-state index contributed by atoms with van der Waals surface area (Å²) in [6, 6.07) is 16.1. The lowest BCUT2D eigenvalue weighted by Crippen LogP contribution is -2.15. The summed E-state index contributed by atoms with van der Waals surface area (Å²) >= 11 is 14.9. The number of benzene rings is 2. The van der Waals surface area contributed by atoms with Gasteiger partial charge in [-0.15, -0.1) is 0 Å². The molecule has 4 aromatic rings. The van der Waals surface area contributed by atoms with Gasteiger partial charge in [0, 0.05) is 9.92 Å². The van der Waals surface area contributed by atoms with Crippen LogP contribution in [0.15, 0.2) is 79.9 Å². The summed E-state index contributed by atoms with van der Waals surface area (Å²) in [7, 11) is 0. The highest BCUT2D eigenvalue weighted by atomic mass is 35.5. The standard InChI is InChI=1S/C20H14Cl2N2O2S2/c21-14-7-5-12(6-8-14)17(13-9-10-27-11-13)24-20(26)18(19(25)23-24)28-16-4-2-1-3-15(16)22/h1-11,17,26H,(H,23,25). The van der Waals surface area contributed by atoms with Crippen LogP contribution in [0.5, 0.6) is 5.88 Å². The number of H-pyrrole nitrogens is 1. The molecule has 2 aromatic carbocycles. The van der Waals surface area contributed by atoms with Gasteiger partial charge in [0.1, 0.15) is 10.9 Å². The van der Waals surface area contributed by atoms with E-state index >= 15 is 0 Å². The van der Waals surface area contributed by atoms with Crippen molar-refractivity contribution in [1.82, 2.24) is 9.78 Å². The Labute approximate surface area is 179 Å². The van der Waals surface area contributed by atoms with Crippen LogP contribution >= 0.6 is 46.3 Å². The van der Waals surface area contributed by atoms with Crippen LogP contribution < -0.4 is 5.56 Å². The fraction of sp³-hybridized carbons (Fsp3) is 0.0500. The molecule has 0 radical (unpaired) electrons.